The average Bonchev–Trinajstić information content (AvgIpc) is 2.18. The fourth-order valence-corrected chi connectivity index (χ4v) is 1.02. The zero-order valence-electron chi connectivity index (χ0n) is 7.66. The molecular formula is C9H13N3O2. The third-order valence-corrected chi connectivity index (χ3v) is 1.70. The number of aromatic hydroxyl groups is 1. The van der Waals surface area contributed by atoms with Crippen LogP contribution < -0.4 is 16.8 Å². The molecule has 0 spiro atoms. The molecule has 0 saturated carbocycles. The van der Waals surface area contributed by atoms with Crippen molar-refractivity contribution < 1.29 is 9.90 Å². The maximum atomic E-state index is 11.4. The van der Waals surface area contributed by atoms with Crippen LogP contribution in [0.25, 0.3) is 0 Å². The van der Waals surface area contributed by atoms with Gasteiger partial charge in [-0.3, -0.25) is 4.79 Å². The van der Waals surface area contributed by atoms with Gasteiger partial charge in [0.05, 0.1) is 5.56 Å². The molecule has 1 aromatic rings. The number of benzene rings is 1. The molecule has 0 atom stereocenters. The number of hydrogen-bond acceptors (Lipinski definition) is 4. The number of phenolic OH excluding ortho intramolecular Hbond substituents is 1. The summed E-state index contributed by atoms with van der Waals surface area (Å²) >= 11 is 0. The zero-order chi connectivity index (χ0) is 10.6. The highest BCUT2D eigenvalue weighted by atomic mass is 16.3. The van der Waals surface area contributed by atoms with Crippen LogP contribution in [0.2, 0.25) is 0 Å². The van der Waals surface area contributed by atoms with Gasteiger partial charge >= 0.3 is 0 Å². The van der Waals surface area contributed by atoms with Crippen molar-refractivity contribution in [2.45, 2.75) is 0 Å². The molecule has 1 rings (SSSR count). The molecule has 0 fully saturated rings. The summed E-state index contributed by atoms with van der Waals surface area (Å²) in [6.45, 7) is 0.724. The SMILES string of the molecule is NCCNC(=O)c1cc(N)ccc1O. The number of nitrogen functional groups attached to an aromatic ring is 1. The fourth-order valence-electron chi connectivity index (χ4n) is 1.02. The van der Waals surface area contributed by atoms with E-state index >= 15 is 0 Å². The first-order valence-electron chi connectivity index (χ1n) is 4.22. The predicted molar refractivity (Wildman–Crippen MR) is 53.9 cm³/mol. The number of rotatable bonds is 3. The Morgan fingerprint density at radius 2 is 2.21 bits per heavy atom. The van der Waals surface area contributed by atoms with Crippen molar-refractivity contribution in [3.05, 3.63) is 23.8 Å². The Labute approximate surface area is 81.7 Å². The molecule has 0 aromatic heterocycles. The second-order valence-electron chi connectivity index (χ2n) is 2.82. The van der Waals surface area contributed by atoms with E-state index in [1.54, 1.807) is 0 Å². The Morgan fingerprint density at radius 1 is 1.50 bits per heavy atom. The highest BCUT2D eigenvalue weighted by Crippen LogP contribution is 2.19. The van der Waals surface area contributed by atoms with Crippen LogP contribution in [0.4, 0.5) is 5.69 Å². The van der Waals surface area contributed by atoms with Gasteiger partial charge in [-0.05, 0) is 18.2 Å². The normalized spacial score (nSPS) is 9.79. The second kappa shape index (κ2) is 4.48. The van der Waals surface area contributed by atoms with Crippen LogP contribution in [0.3, 0.4) is 0 Å². The summed E-state index contributed by atoms with van der Waals surface area (Å²) in [5, 5.41) is 11.9. The second-order valence-corrected chi connectivity index (χ2v) is 2.82. The molecule has 5 heteroatoms. The van der Waals surface area contributed by atoms with Crippen LogP contribution in [0, 0.1) is 0 Å². The summed E-state index contributed by atoms with van der Waals surface area (Å²) in [5.41, 5.74) is 11.3. The minimum atomic E-state index is -0.375. The molecule has 0 radical (unpaired) electrons. The number of phenols is 1. The lowest BCUT2D eigenvalue weighted by Crippen LogP contribution is -2.29. The van der Waals surface area contributed by atoms with Gasteiger partial charge in [0, 0.05) is 18.8 Å². The quantitative estimate of drug-likeness (QED) is 0.391. The first-order valence-corrected chi connectivity index (χ1v) is 4.22. The van der Waals surface area contributed by atoms with Gasteiger partial charge < -0.3 is 21.9 Å². The molecule has 6 N–H and O–H groups in total. The molecule has 0 heterocycles. The van der Waals surface area contributed by atoms with E-state index in [1.165, 1.54) is 18.2 Å². The monoisotopic (exact) mass is 195 g/mol. The summed E-state index contributed by atoms with van der Waals surface area (Å²) in [6.07, 6.45) is 0. The lowest BCUT2D eigenvalue weighted by atomic mass is 10.1. The lowest BCUT2D eigenvalue weighted by molar-refractivity contribution is 0.0952. The zero-order valence-corrected chi connectivity index (χ0v) is 7.66. The maximum absolute atomic E-state index is 11.4. The van der Waals surface area contributed by atoms with E-state index in [2.05, 4.69) is 5.32 Å². The van der Waals surface area contributed by atoms with E-state index in [4.69, 9.17) is 11.5 Å². The molecule has 1 amide bonds. The molecule has 14 heavy (non-hydrogen) atoms. The fraction of sp³-hybridized carbons (Fsp3) is 0.222. The Bertz CT molecular complexity index is 339. The largest absolute Gasteiger partial charge is 0.507 e. The van der Waals surface area contributed by atoms with Gasteiger partial charge in [-0.1, -0.05) is 0 Å². The number of carbonyl (C=O) groups is 1. The lowest BCUT2D eigenvalue weighted by Gasteiger charge is -2.06. The molecule has 76 valence electrons. The molecule has 1 aromatic carbocycles. The highest BCUT2D eigenvalue weighted by molar-refractivity contribution is 5.97. The van der Waals surface area contributed by atoms with E-state index in [1.807, 2.05) is 0 Å². The van der Waals surface area contributed by atoms with Gasteiger partial charge in [0.15, 0.2) is 0 Å². The Kier molecular flexibility index (Phi) is 3.30. The van der Waals surface area contributed by atoms with E-state index in [0.717, 1.165) is 0 Å². The van der Waals surface area contributed by atoms with Crippen LogP contribution in [0.1, 0.15) is 10.4 Å². The number of anilines is 1. The molecular weight excluding hydrogens is 182 g/mol. The Hall–Kier alpha value is -1.75. The van der Waals surface area contributed by atoms with Gasteiger partial charge in [-0.15, -0.1) is 0 Å². The van der Waals surface area contributed by atoms with Crippen LogP contribution in [0.15, 0.2) is 18.2 Å². The first kappa shape index (κ1) is 10.3. The van der Waals surface area contributed by atoms with E-state index in [9.17, 15) is 9.90 Å². The summed E-state index contributed by atoms with van der Waals surface area (Å²) in [6, 6.07) is 4.32. The molecule has 0 aliphatic heterocycles. The number of carbonyl (C=O) groups excluding carboxylic acids is 1. The third kappa shape index (κ3) is 2.37. The van der Waals surface area contributed by atoms with Gasteiger partial charge in [0.25, 0.3) is 5.91 Å². The average molecular weight is 195 g/mol. The minimum absolute atomic E-state index is 0.0891. The number of nitrogens with one attached hydrogen (secondary N) is 1. The van der Waals surface area contributed by atoms with Crippen LogP contribution in [0.5, 0.6) is 5.75 Å². The summed E-state index contributed by atoms with van der Waals surface area (Å²) in [5.74, 6) is -0.464. The van der Waals surface area contributed by atoms with Gasteiger partial charge in [-0.2, -0.15) is 0 Å². The molecule has 0 aliphatic rings. The molecule has 0 bridgehead atoms. The highest BCUT2D eigenvalue weighted by Gasteiger charge is 2.09. The first-order chi connectivity index (χ1) is 6.65. The van der Waals surface area contributed by atoms with Crippen molar-refractivity contribution in [2.24, 2.45) is 5.73 Å². The molecule has 0 saturated heterocycles. The van der Waals surface area contributed by atoms with Crippen LogP contribution in [-0.4, -0.2) is 24.1 Å². The van der Waals surface area contributed by atoms with Crippen molar-refractivity contribution in [3.8, 4) is 5.75 Å². The van der Waals surface area contributed by atoms with Crippen molar-refractivity contribution >= 4 is 11.6 Å². The van der Waals surface area contributed by atoms with Gasteiger partial charge in [0.1, 0.15) is 5.75 Å². The van der Waals surface area contributed by atoms with Gasteiger partial charge in [0.2, 0.25) is 0 Å². The molecule has 5 nitrogen and oxygen atoms in total. The summed E-state index contributed by atoms with van der Waals surface area (Å²) < 4.78 is 0. The maximum Gasteiger partial charge on any atom is 0.255 e. The number of amides is 1. The van der Waals surface area contributed by atoms with E-state index in [0.29, 0.717) is 18.8 Å². The van der Waals surface area contributed by atoms with Gasteiger partial charge in [-0.25, -0.2) is 0 Å². The smallest absolute Gasteiger partial charge is 0.255 e. The topological polar surface area (TPSA) is 101 Å². The Morgan fingerprint density at radius 3 is 2.86 bits per heavy atom. The van der Waals surface area contributed by atoms with E-state index in [-0.39, 0.29) is 17.2 Å². The Balaban J connectivity index is 2.83. The summed E-state index contributed by atoms with van der Waals surface area (Å²) in [7, 11) is 0. The van der Waals surface area contributed by atoms with E-state index < -0.39 is 0 Å². The van der Waals surface area contributed by atoms with Crippen molar-refractivity contribution in [2.75, 3.05) is 18.8 Å². The predicted octanol–water partition coefficient (Wildman–Crippen LogP) is -0.337. The third-order valence-electron chi connectivity index (χ3n) is 1.70. The minimum Gasteiger partial charge on any atom is -0.507 e. The molecule has 0 unspecified atom stereocenters. The number of hydrogen-bond donors (Lipinski definition) is 4. The standard InChI is InChI=1S/C9H13N3O2/c10-3-4-12-9(14)7-5-6(11)1-2-8(7)13/h1-2,5,13H,3-4,10-11H2,(H,12,14). The van der Waals surface area contributed by atoms with Crippen LogP contribution in [-0.2, 0) is 0 Å². The van der Waals surface area contributed by atoms with Crippen molar-refractivity contribution in [1.82, 2.24) is 5.32 Å². The van der Waals surface area contributed by atoms with Crippen LogP contribution >= 0.6 is 0 Å². The molecule has 0 aliphatic carbocycles. The summed E-state index contributed by atoms with van der Waals surface area (Å²) in [4.78, 5) is 11.4. The van der Waals surface area contributed by atoms with Crippen molar-refractivity contribution in [3.63, 3.8) is 0 Å². The number of nitrogens with two attached hydrogens (primary N) is 2. The van der Waals surface area contributed by atoms with Crippen molar-refractivity contribution in [1.29, 1.82) is 0 Å².